The number of benzene rings is 5. The summed E-state index contributed by atoms with van der Waals surface area (Å²) in [7, 11) is 0. The lowest BCUT2D eigenvalue weighted by Crippen LogP contribution is -2.36. The van der Waals surface area contributed by atoms with Crippen LogP contribution in [-0.2, 0) is 20.7 Å². The van der Waals surface area contributed by atoms with Crippen LogP contribution in [0.2, 0.25) is 0 Å². The Morgan fingerprint density at radius 1 is 0.817 bits per heavy atom. The van der Waals surface area contributed by atoms with Gasteiger partial charge in [-0.2, -0.15) is 0 Å². The van der Waals surface area contributed by atoms with Crippen molar-refractivity contribution in [2.75, 3.05) is 47.6 Å². The van der Waals surface area contributed by atoms with E-state index in [1.54, 1.807) is 24.3 Å². The number of ether oxygens (including phenoxy) is 1. The van der Waals surface area contributed by atoms with Crippen LogP contribution in [0.4, 0.5) is 28.7 Å². The maximum Gasteiger partial charge on any atom is 0.335 e. The Labute approximate surface area is 348 Å². The molecule has 1 aromatic heterocycles. The summed E-state index contributed by atoms with van der Waals surface area (Å²) in [5.74, 6) is -1.59. The molecule has 2 heterocycles. The van der Waals surface area contributed by atoms with Crippen molar-refractivity contribution in [3.05, 3.63) is 149 Å². The molecule has 0 radical (unpaired) electrons. The molecule has 1 aliphatic heterocycles. The van der Waals surface area contributed by atoms with Gasteiger partial charge >= 0.3 is 11.9 Å². The largest absolute Gasteiger partial charge is 0.478 e. The molecule has 60 heavy (non-hydrogen) atoms. The first kappa shape index (κ1) is 43.7. The van der Waals surface area contributed by atoms with Gasteiger partial charge in [-0.1, -0.05) is 43.0 Å². The number of anilines is 5. The van der Waals surface area contributed by atoms with Crippen molar-refractivity contribution in [1.29, 1.82) is 0 Å². The van der Waals surface area contributed by atoms with Crippen LogP contribution in [-0.4, -0.2) is 70.1 Å². The fourth-order valence-electron chi connectivity index (χ4n) is 6.31. The predicted octanol–water partition coefficient (Wildman–Crippen LogP) is 8.41. The Morgan fingerprint density at radius 3 is 2.10 bits per heavy atom. The van der Waals surface area contributed by atoms with E-state index in [2.05, 4.69) is 52.2 Å². The number of nitrogens with one attached hydrogen (secondary N) is 2. The highest BCUT2D eigenvalue weighted by Gasteiger charge is 2.14. The zero-order chi connectivity index (χ0) is 43.3. The molecule has 1 amide bonds. The first-order valence-corrected chi connectivity index (χ1v) is 19.1. The van der Waals surface area contributed by atoms with Gasteiger partial charge in [0.25, 0.3) is 0 Å². The molecule has 6 N–H and O–H groups in total. The molecular formula is C47H48N6O7. The molecule has 0 unspecified atom stereocenters. The number of aromatic nitrogens is 2. The number of carbonyl (C=O) groups excluding carboxylic acids is 2. The molecule has 6 aromatic rings. The summed E-state index contributed by atoms with van der Waals surface area (Å²) in [5, 5.41) is 24.4. The quantitative estimate of drug-likeness (QED) is 0.0656. The number of aromatic carboxylic acids is 2. The van der Waals surface area contributed by atoms with Gasteiger partial charge in [0.1, 0.15) is 5.78 Å². The van der Waals surface area contributed by atoms with E-state index in [4.69, 9.17) is 25.7 Å². The second-order valence-electron chi connectivity index (χ2n) is 14.1. The van der Waals surface area contributed by atoms with E-state index in [1.807, 2.05) is 62.5 Å². The number of carbonyl (C=O) groups is 4. The second kappa shape index (κ2) is 20.4. The van der Waals surface area contributed by atoms with Crippen LogP contribution in [0.1, 0.15) is 49.9 Å². The summed E-state index contributed by atoms with van der Waals surface area (Å²) in [6, 6.07) is 29.6. The van der Waals surface area contributed by atoms with Crippen LogP contribution in [0.3, 0.4) is 0 Å². The number of hydrogen-bond acceptors (Lipinski definition) is 10. The highest BCUT2D eigenvalue weighted by molar-refractivity contribution is 6.00. The molecule has 1 fully saturated rings. The number of nitrogens with two attached hydrogens (primary N) is 1. The van der Waals surface area contributed by atoms with Gasteiger partial charge < -0.3 is 36.2 Å². The molecule has 0 spiro atoms. The van der Waals surface area contributed by atoms with E-state index >= 15 is 0 Å². The van der Waals surface area contributed by atoms with E-state index in [0.29, 0.717) is 23.7 Å². The van der Waals surface area contributed by atoms with Crippen molar-refractivity contribution in [2.24, 2.45) is 0 Å². The third-order valence-corrected chi connectivity index (χ3v) is 9.63. The van der Waals surface area contributed by atoms with Crippen molar-refractivity contribution >= 4 is 63.2 Å². The number of Topliss-reactive ketones (excluding diaryl/α,β-unsaturated/α-hetero) is 1. The number of amides is 1. The summed E-state index contributed by atoms with van der Waals surface area (Å²) in [5.41, 5.74) is 15.8. The Kier molecular flexibility index (Phi) is 14.8. The van der Waals surface area contributed by atoms with Crippen LogP contribution in [0.25, 0.3) is 22.0 Å². The van der Waals surface area contributed by atoms with Gasteiger partial charge in [0.05, 0.1) is 29.9 Å². The molecule has 0 bridgehead atoms. The zero-order valence-corrected chi connectivity index (χ0v) is 34.0. The Hall–Kier alpha value is -7.38. The highest BCUT2D eigenvalue weighted by Crippen LogP contribution is 2.33. The van der Waals surface area contributed by atoms with Crippen molar-refractivity contribution in [3.8, 4) is 11.1 Å². The monoisotopic (exact) mass is 808 g/mol. The number of rotatable bonds is 10. The minimum absolute atomic E-state index is 0.0376. The predicted molar refractivity (Wildman–Crippen MR) is 236 cm³/mol. The number of fused-ring (bicyclic) bond motifs is 1. The normalized spacial score (nSPS) is 11.9. The van der Waals surface area contributed by atoms with Gasteiger partial charge in [-0.3, -0.25) is 9.59 Å². The Bertz CT molecular complexity index is 2530. The van der Waals surface area contributed by atoms with Crippen LogP contribution in [0.15, 0.2) is 116 Å². The lowest BCUT2D eigenvalue weighted by atomic mass is 9.97. The number of aryl methyl sites for hydroxylation is 3. The number of ketones is 1. The maximum atomic E-state index is 11.8. The summed E-state index contributed by atoms with van der Waals surface area (Å²) in [6.45, 7) is 14.1. The highest BCUT2D eigenvalue weighted by atomic mass is 16.5. The van der Waals surface area contributed by atoms with E-state index in [-0.39, 0.29) is 22.8 Å². The van der Waals surface area contributed by atoms with Crippen molar-refractivity contribution in [1.82, 2.24) is 9.97 Å². The van der Waals surface area contributed by atoms with Crippen LogP contribution >= 0.6 is 0 Å². The van der Waals surface area contributed by atoms with E-state index in [0.717, 1.165) is 76.3 Å². The van der Waals surface area contributed by atoms with Crippen LogP contribution in [0.5, 0.6) is 0 Å². The lowest BCUT2D eigenvalue weighted by molar-refractivity contribution is -0.116. The summed E-state index contributed by atoms with van der Waals surface area (Å²) < 4.78 is 5.44. The first-order chi connectivity index (χ1) is 28.7. The van der Waals surface area contributed by atoms with Crippen LogP contribution < -0.4 is 21.3 Å². The topological polar surface area (TPSA) is 197 Å². The summed E-state index contributed by atoms with van der Waals surface area (Å²) in [6.07, 6.45) is 3.39. The van der Waals surface area contributed by atoms with Crippen molar-refractivity contribution in [3.63, 3.8) is 0 Å². The molecule has 1 saturated heterocycles. The SMILES string of the molecule is C=CC(=O)Nc1cccc(-c2c(C)ccc3cnc(Nc4ccc(N5CCOCC5)cc4)nc23)c1.CC(=O)Cc1cc(C(=O)O)ccc1C.Cc1ccc(C(=O)O)cc1N. The third-order valence-electron chi connectivity index (χ3n) is 9.63. The number of hydrogen-bond donors (Lipinski definition) is 5. The van der Waals surface area contributed by atoms with Gasteiger partial charge in [-0.15, -0.1) is 0 Å². The molecule has 13 nitrogen and oxygen atoms in total. The number of carboxylic acid groups (broad SMARTS) is 2. The molecule has 0 atom stereocenters. The third kappa shape index (κ3) is 11.8. The number of carboxylic acids is 2. The van der Waals surface area contributed by atoms with Gasteiger partial charge in [0.2, 0.25) is 11.9 Å². The molecule has 5 aromatic carbocycles. The molecule has 308 valence electrons. The fourth-order valence-corrected chi connectivity index (χ4v) is 6.31. The summed E-state index contributed by atoms with van der Waals surface area (Å²) >= 11 is 0. The molecule has 0 saturated carbocycles. The van der Waals surface area contributed by atoms with Crippen molar-refractivity contribution < 1.29 is 34.1 Å². The number of nitrogens with zero attached hydrogens (tertiary/aromatic N) is 3. The average molecular weight is 809 g/mol. The minimum Gasteiger partial charge on any atom is -0.478 e. The number of morpholine rings is 1. The minimum atomic E-state index is -0.963. The van der Waals surface area contributed by atoms with Crippen molar-refractivity contribution in [2.45, 2.75) is 34.1 Å². The standard InChI is InChI=1S/C28H27N5O2.C11H12O3.C8H9NO2/c1-3-25(34)30-23-6-4-5-20(17-23)26-19(2)7-8-21-18-29-28(32-27(21)26)31-22-9-11-24(12-10-22)33-13-15-35-16-14-33;1-7-3-4-9(11(13)14)6-10(7)5-8(2)12;1-5-2-3-6(8(10)11)4-7(5)9/h3-12,17-18H,1,13-16H2,2H3,(H,30,34)(H,29,31,32);3-4,6H,5H2,1-2H3,(H,13,14);2-4H,9H2,1H3,(H,10,11). The van der Waals surface area contributed by atoms with E-state index in [1.165, 1.54) is 30.8 Å². The zero-order valence-electron chi connectivity index (χ0n) is 34.0. The maximum absolute atomic E-state index is 11.8. The summed E-state index contributed by atoms with van der Waals surface area (Å²) in [4.78, 5) is 55.5. The molecule has 0 aliphatic carbocycles. The smallest absolute Gasteiger partial charge is 0.335 e. The van der Waals surface area contributed by atoms with Crippen LogP contribution in [0, 0.1) is 20.8 Å². The van der Waals surface area contributed by atoms with Gasteiger partial charge in [-0.25, -0.2) is 19.6 Å². The van der Waals surface area contributed by atoms with Gasteiger partial charge in [-0.05, 0) is 122 Å². The molecule has 7 rings (SSSR count). The first-order valence-electron chi connectivity index (χ1n) is 19.1. The molecule has 1 aliphatic rings. The van der Waals surface area contributed by atoms with Gasteiger partial charge in [0.15, 0.2) is 0 Å². The Balaban J connectivity index is 0.000000223. The van der Waals surface area contributed by atoms with E-state index in [9.17, 15) is 19.2 Å². The van der Waals surface area contributed by atoms with Gasteiger partial charge in [0, 0.05) is 59.4 Å². The molecule has 13 heteroatoms. The fraction of sp³-hybridized carbons (Fsp3) is 0.191. The second-order valence-corrected chi connectivity index (χ2v) is 14.1. The Morgan fingerprint density at radius 2 is 1.47 bits per heavy atom. The number of nitrogen functional groups attached to an aromatic ring is 1. The van der Waals surface area contributed by atoms with E-state index < -0.39 is 11.9 Å². The lowest BCUT2D eigenvalue weighted by Gasteiger charge is -2.28. The average Bonchev–Trinajstić information content (AvgIpc) is 3.23. The molecular weight excluding hydrogens is 761 g/mol.